The molecule has 33 heavy (non-hydrogen) atoms. The summed E-state index contributed by atoms with van der Waals surface area (Å²) in [6, 6.07) is 10.7. The number of hydrogen-bond donors (Lipinski definition) is 1. The van der Waals surface area contributed by atoms with Crippen LogP contribution in [0.25, 0.3) is 0 Å². The Kier molecular flexibility index (Phi) is 8.01. The average Bonchev–Trinajstić information content (AvgIpc) is 2.74. The smallest absolute Gasteiger partial charge is 0.338 e. The van der Waals surface area contributed by atoms with Gasteiger partial charge in [-0.15, -0.1) is 0 Å². The van der Waals surface area contributed by atoms with Crippen LogP contribution in [0.1, 0.15) is 36.7 Å². The molecular formula is C23H26ClN3O6. The summed E-state index contributed by atoms with van der Waals surface area (Å²) >= 11 is 5.99. The fraction of sp³-hybridized carbons (Fsp3) is 0.391. The number of benzene rings is 2. The largest absolute Gasteiger partial charge is 0.449 e. The summed E-state index contributed by atoms with van der Waals surface area (Å²) in [6.45, 7) is 7.98. The third-order valence-corrected chi connectivity index (χ3v) is 5.48. The number of nitro benzene ring substituents is 1. The molecule has 1 fully saturated rings. The number of anilines is 1. The van der Waals surface area contributed by atoms with Gasteiger partial charge in [-0.1, -0.05) is 23.7 Å². The monoisotopic (exact) mass is 475 g/mol. The third-order valence-electron chi connectivity index (χ3n) is 5.17. The predicted molar refractivity (Wildman–Crippen MR) is 123 cm³/mol. The highest BCUT2D eigenvalue weighted by Gasteiger charge is 2.23. The number of rotatable bonds is 7. The summed E-state index contributed by atoms with van der Waals surface area (Å²) in [5.41, 5.74) is 1.38. The molecule has 3 rings (SSSR count). The summed E-state index contributed by atoms with van der Waals surface area (Å²) < 4.78 is 11.0. The Morgan fingerprint density at radius 1 is 1.21 bits per heavy atom. The maximum Gasteiger partial charge on any atom is 0.338 e. The van der Waals surface area contributed by atoms with Crippen LogP contribution in [0.2, 0.25) is 5.02 Å². The molecule has 0 saturated carbocycles. The Morgan fingerprint density at radius 3 is 2.42 bits per heavy atom. The summed E-state index contributed by atoms with van der Waals surface area (Å²) in [5, 5.41) is 13.3. The molecule has 1 saturated heterocycles. The van der Waals surface area contributed by atoms with Crippen LogP contribution in [0.15, 0.2) is 42.5 Å². The lowest BCUT2D eigenvalue weighted by Gasteiger charge is -2.35. The highest BCUT2D eigenvalue weighted by Crippen LogP contribution is 2.27. The van der Waals surface area contributed by atoms with Crippen LogP contribution in [0.5, 0.6) is 0 Å². The van der Waals surface area contributed by atoms with E-state index in [0.29, 0.717) is 5.56 Å². The molecule has 176 valence electrons. The summed E-state index contributed by atoms with van der Waals surface area (Å²) in [7, 11) is 0. The molecule has 2 aromatic rings. The summed E-state index contributed by atoms with van der Waals surface area (Å²) in [5.74, 6) is -1.24. The van der Waals surface area contributed by atoms with Gasteiger partial charge in [0.25, 0.3) is 11.6 Å². The van der Waals surface area contributed by atoms with Crippen molar-refractivity contribution in [3.63, 3.8) is 0 Å². The van der Waals surface area contributed by atoms with Gasteiger partial charge < -0.3 is 14.8 Å². The normalized spacial score (nSPS) is 19.5. The van der Waals surface area contributed by atoms with Crippen LogP contribution in [-0.2, 0) is 20.8 Å². The van der Waals surface area contributed by atoms with E-state index in [1.807, 2.05) is 12.1 Å². The highest BCUT2D eigenvalue weighted by atomic mass is 35.5. The van der Waals surface area contributed by atoms with Gasteiger partial charge in [-0.3, -0.25) is 19.8 Å². The molecule has 0 aliphatic carbocycles. The fourth-order valence-electron chi connectivity index (χ4n) is 3.65. The van der Waals surface area contributed by atoms with E-state index in [1.165, 1.54) is 19.1 Å². The second kappa shape index (κ2) is 10.7. The van der Waals surface area contributed by atoms with E-state index in [1.54, 1.807) is 12.1 Å². The lowest BCUT2D eigenvalue weighted by atomic mass is 10.1. The molecule has 1 heterocycles. The van der Waals surface area contributed by atoms with E-state index >= 15 is 0 Å². The second-order valence-corrected chi connectivity index (χ2v) is 8.51. The Hall–Kier alpha value is -3.01. The lowest BCUT2D eigenvalue weighted by molar-refractivity contribution is -0.384. The van der Waals surface area contributed by atoms with E-state index in [-0.39, 0.29) is 28.6 Å². The molecular weight excluding hydrogens is 450 g/mol. The molecule has 3 unspecified atom stereocenters. The van der Waals surface area contributed by atoms with Crippen LogP contribution in [-0.4, -0.2) is 53.1 Å². The number of carbonyl (C=O) groups is 2. The zero-order valence-electron chi connectivity index (χ0n) is 18.6. The lowest BCUT2D eigenvalue weighted by Crippen LogP contribution is -2.44. The first-order valence-corrected chi connectivity index (χ1v) is 10.9. The topological polar surface area (TPSA) is 111 Å². The summed E-state index contributed by atoms with van der Waals surface area (Å²) in [4.78, 5) is 37.3. The molecule has 9 nitrogen and oxygen atoms in total. The zero-order valence-corrected chi connectivity index (χ0v) is 19.4. The number of amides is 1. The van der Waals surface area contributed by atoms with Crippen molar-refractivity contribution in [2.75, 3.05) is 18.4 Å². The van der Waals surface area contributed by atoms with E-state index in [9.17, 15) is 19.7 Å². The molecule has 0 aromatic heterocycles. The molecule has 1 N–H and O–H groups in total. The van der Waals surface area contributed by atoms with Gasteiger partial charge >= 0.3 is 5.97 Å². The van der Waals surface area contributed by atoms with Gasteiger partial charge in [-0.2, -0.15) is 0 Å². The number of ether oxygens (including phenoxy) is 2. The van der Waals surface area contributed by atoms with Gasteiger partial charge in [0.05, 0.1) is 33.4 Å². The van der Waals surface area contributed by atoms with Crippen LogP contribution >= 0.6 is 11.6 Å². The number of non-ortho nitro benzene ring substituents is 1. The molecule has 0 spiro atoms. The van der Waals surface area contributed by atoms with Crippen molar-refractivity contribution < 1.29 is 24.0 Å². The minimum absolute atomic E-state index is 0.00993. The predicted octanol–water partition coefficient (Wildman–Crippen LogP) is 4.04. The number of nitro groups is 1. The molecule has 10 heteroatoms. The van der Waals surface area contributed by atoms with Gasteiger partial charge in [0.1, 0.15) is 0 Å². The van der Waals surface area contributed by atoms with Crippen LogP contribution in [0, 0.1) is 10.1 Å². The first kappa shape index (κ1) is 24.6. The SMILES string of the molecule is CC1CN(Cc2ccc(C(=O)OC(C)C(=O)Nc3ccc([N+](=O)[O-])cc3Cl)cc2)CC(C)O1. The van der Waals surface area contributed by atoms with E-state index in [0.717, 1.165) is 31.3 Å². The van der Waals surface area contributed by atoms with E-state index in [4.69, 9.17) is 21.1 Å². The summed E-state index contributed by atoms with van der Waals surface area (Å²) in [6.07, 6.45) is -0.743. The molecule has 0 bridgehead atoms. The third kappa shape index (κ3) is 6.74. The Labute approximate surface area is 196 Å². The number of nitrogens with one attached hydrogen (secondary N) is 1. The van der Waals surface area contributed by atoms with Gasteiger partial charge in [0, 0.05) is 31.8 Å². The van der Waals surface area contributed by atoms with E-state index in [2.05, 4.69) is 24.1 Å². The average molecular weight is 476 g/mol. The van der Waals surface area contributed by atoms with E-state index < -0.39 is 22.9 Å². The van der Waals surface area contributed by atoms with Gasteiger partial charge in [-0.05, 0) is 44.5 Å². The quantitative estimate of drug-likeness (QED) is 0.365. The fourth-order valence-corrected chi connectivity index (χ4v) is 3.88. The first-order chi connectivity index (χ1) is 15.6. The van der Waals surface area contributed by atoms with Crippen molar-refractivity contribution in [2.45, 2.75) is 45.6 Å². The molecule has 1 aliphatic rings. The van der Waals surface area contributed by atoms with Crippen LogP contribution in [0.3, 0.4) is 0 Å². The maximum atomic E-state index is 12.5. The van der Waals surface area contributed by atoms with Crippen molar-refractivity contribution >= 4 is 34.9 Å². The second-order valence-electron chi connectivity index (χ2n) is 8.11. The maximum absolute atomic E-state index is 12.5. The van der Waals surface area contributed by atoms with Crippen LogP contribution < -0.4 is 5.32 Å². The van der Waals surface area contributed by atoms with Crippen molar-refractivity contribution in [3.8, 4) is 0 Å². The zero-order chi connectivity index (χ0) is 24.1. The van der Waals surface area contributed by atoms with Gasteiger partial charge in [0.2, 0.25) is 0 Å². The molecule has 1 amide bonds. The van der Waals surface area contributed by atoms with Crippen molar-refractivity contribution in [3.05, 3.63) is 68.7 Å². The number of carbonyl (C=O) groups excluding carboxylic acids is 2. The number of morpholine rings is 1. The molecule has 2 aromatic carbocycles. The number of hydrogen-bond acceptors (Lipinski definition) is 7. The van der Waals surface area contributed by atoms with Crippen LogP contribution in [0.4, 0.5) is 11.4 Å². The number of halogens is 1. The minimum Gasteiger partial charge on any atom is -0.449 e. The Bertz CT molecular complexity index is 1020. The van der Waals surface area contributed by atoms with Crippen molar-refractivity contribution in [2.24, 2.45) is 0 Å². The van der Waals surface area contributed by atoms with Crippen molar-refractivity contribution in [1.29, 1.82) is 0 Å². The van der Waals surface area contributed by atoms with Gasteiger partial charge in [0.15, 0.2) is 6.10 Å². The van der Waals surface area contributed by atoms with Crippen molar-refractivity contribution in [1.82, 2.24) is 4.90 Å². The Morgan fingerprint density at radius 2 is 1.85 bits per heavy atom. The van der Waals surface area contributed by atoms with Gasteiger partial charge in [-0.25, -0.2) is 4.79 Å². The molecule has 0 radical (unpaired) electrons. The minimum atomic E-state index is -1.10. The molecule has 1 aliphatic heterocycles. The number of nitrogens with zero attached hydrogens (tertiary/aromatic N) is 2. The number of esters is 1. The highest BCUT2D eigenvalue weighted by molar-refractivity contribution is 6.34. The standard InChI is InChI=1S/C23H26ClN3O6/c1-14-11-26(12-15(2)32-14)13-17-4-6-18(7-5-17)23(29)33-16(3)22(28)25-21-9-8-19(27(30)31)10-20(21)24/h4-10,14-16H,11-13H2,1-3H3,(H,25,28). The Balaban J connectivity index is 1.54. The molecule has 3 atom stereocenters. The first-order valence-electron chi connectivity index (χ1n) is 10.5.